The molecule has 1 unspecified atom stereocenters. The SMILES string of the molecule is COc1ccc(CNN(C)CC(O)c2ccccc2)cc1. The number of hydrazine groups is 1. The van der Waals surface area contributed by atoms with Gasteiger partial charge < -0.3 is 9.84 Å². The van der Waals surface area contributed by atoms with Crippen LogP contribution < -0.4 is 10.2 Å². The molecular formula is C17H22N2O2. The minimum Gasteiger partial charge on any atom is -0.497 e. The third kappa shape index (κ3) is 4.86. The summed E-state index contributed by atoms with van der Waals surface area (Å²) in [6.07, 6.45) is -0.500. The summed E-state index contributed by atoms with van der Waals surface area (Å²) < 4.78 is 5.13. The van der Waals surface area contributed by atoms with E-state index in [0.29, 0.717) is 13.1 Å². The number of aliphatic hydroxyl groups excluding tert-OH is 1. The van der Waals surface area contributed by atoms with E-state index in [1.165, 1.54) is 0 Å². The number of methoxy groups -OCH3 is 1. The van der Waals surface area contributed by atoms with Gasteiger partial charge in [0.05, 0.1) is 13.2 Å². The summed E-state index contributed by atoms with van der Waals surface area (Å²) in [5, 5.41) is 12.1. The highest BCUT2D eigenvalue weighted by molar-refractivity contribution is 5.27. The molecule has 0 bridgehead atoms. The van der Waals surface area contributed by atoms with E-state index in [1.807, 2.05) is 66.7 Å². The van der Waals surface area contributed by atoms with Crippen molar-refractivity contribution in [3.05, 3.63) is 65.7 Å². The first-order valence-electron chi connectivity index (χ1n) is 6.99. The predicted molar refractivity (Wildman–Crippen MR) is 83.9 cm³/mol. The highest BCUT2D eigenvalue weighted by Gasteiger charge is 2.09. The van der Waals surface area contributed by atoms with Gasteiger partial charge in [-0.2, -0.15) is 0 Å². The zero-order valence-corrected chi connectivity index (χ0v) is 12.5. The molecule has 112 valence electrons. The summed E-state index contributed by atoms with van der Waals surface area (Å²) >= 11 is 0. The molecule has 0 saturated carbocycles. The highest BCUT2D eigenvalue weighted by atomic mass is 16.5. The number of hydrogen-bond acceptors (Lipinski definition) is 4. The van der Waals surface area contributed by atoms with Gasteiger partial charge in [0.1, 0.15) is 5.75 Å². The molecule has 21 heavy (non-hydrogen) atoms. The lowest BCUT2D eigenvalue weighted by Crippen LogP contribution is -2.37. The number of hydrogen-bond donors (Lipinski definition) is 2. The zero-order valence-electron chi connectivity index (χ0n) is 12.5. The number of nitrogens with one attached hydrogen (secondary N) is 1. The van der Waals surface area contributed by atoms with Gasteiger partial charge in [-0.3, -0.25) is 5.43 Å². The number of likely N-dealkylation sites (N-methyl/N-ethyl adjacent to an activating group) is 1. The minimum atomic E-state index is -0.500. The molecular weight excluding hydrogens is 264 g/mol. The van der Waals surface area contributed by atoms with E-state index in [0.717, 1.165) is 16.9 Å². The molecule has 2 rings (SSSR count). The van der Waals surface area contributed by atoms with Crippen LogP contribution in [0.1, 0.15) is 17.2 Å². The van der Waals surface area contributed by atoms with Crippen LogP contribution >= 0.6 is 0 Å². The average molecular weight is 286 g/mol. The van der Waals surface area contributed by atoms with E-state index in [9.17, 15) is 5.11 Å². The largest absolute Gasteiger partial charge is 0.497 e. The molecule has 1 atom stereocenters. The molecule has 4 nitrogen and oxygen atoms in total. The molecule has 0 aliphatic carbocycles. The average Bonchev–Trinajstić information content (AvgIpc) is 2.54. The Hall–Kier alpha value is -1.88. The molecule has 0 aromatic heterocycles. The highest BCUT2D eigenvalue weighted by Crippen LogP contribution is 2.13. The van der Waals surface area contributed by atoms with Crippen molar-refractivity contribution in [3.63, 3.8) is 0 Å². The van der Waals surface area contributed by atoms with Gasteiger partial charge in [-0.05, 0) is 23.3 Å². The number of ether oxygens (including phenoxy) is 1. The Morgan fingerprint density at radius 1 is 1.10 bits per heavy atom. The Bertz CT molecular complexity index is 528. The van der Waals surface area contributed by atoms with Gasteiger partial charge in [0.15, 0.2) is 0 Å². The van der Waals surface area contributed by atoms with Crippen LogP contribution in [0, 0.1) is 0 Å². The normalized spacial score (nSPS) is 12.4. The Kier molecular flexibility index (Phi) is 5.75. The van der Waals surface area contributed by atoms with Gasteiger partial charge in [-0.25, -0.2) is 5.01 Å². The Morgan fingerprint density at radius 2 is 1.76 bits per heavy atom. The number of benzene rings is 2. The topological polar surface area (TPSA) is 44.7 Å². The summed E-state index contributed by atoms with van der Waals surface area (Å²) in [6, 6.07) is 17.6. The van der Waals surface area contributed by atoms with Crippen LogP contribution in [0.3, 0.4) is 0 Å². The first kappa shape index (κ1) is 15.5. The van der Waals surface area contributed by atoms with E-state index in [-0.39, 0.29) is 0 Å². The van der Waals surface area contributed by atoms with Crippen molar-refractivity contribution < 1.29 is 9.84 Å². The van der Waals surface area contributed by atoms with Crippen molar-refractivity contribution in [1.29, 1.82) is 0 Å². The molecule has 0 amide bonds. The van der Waals surface area contributed by atoms with Crippen LogP contribution in [-0.4, -0.2) is 30.8 Å². The van der Waals surface area contributed by atoms with E-state index in [2.05, 4.69) is 5.43 Å². The van der Waals surface area contributed by atoms with Crippen molar-refractivity contribution in [3.8, 4) is 5.75 Å². The maximum atomic E-state index is 10.2. The molecule has 0 heterocycles. The van der Waals surface area contributed by atoms with E-state index in [1.54, 1.807) is 7.11 Å². The zero-order chi connectivity index (χ0) is 15.1. The van der Waals surface area contributed by atoms with Gasteiger partial charge in [-0.15, -0.1) is 0 Å². The van der Waals surface area contributed by atoms with Crippen molar-refractivity contribution in [2.45, 2.75) is 12.6 Å². The van der Waals surface area contributed by atoms with Gasteiger partial charge >= 0.3 is 0 Å². The van der Waals surface area contributed by atoms with Crippen LogP contribution in [0.25, 0.3) is 0 Å². The number of nitrogens with zero attached hydrogens (tertiary/aromatic N) is 1. The Morgan fingerprint density at radius 3 is 2.38 bits per heavy atom. The fourth-order valence-electron chi connectivity index (χ4n) is 2.07. The third-order valence-electron chi connectivity index (χ3n) is 3.34. The molecule has 0 aliphatic heterocycles. The molecule has 4 heteroatoms. The lowest BCUT2D eigenvalue weighted by Gasteiger charge is -2.22. The van der Waals surface area contributed by atoms with E-state index in [4.69, 9.17) is 4.74 Å². The second-order valence-electron chi connectivity index (χ2n) is 4.99. The van der Waals surface area contributed by atoms with Crippen LogP contribution in [-0.2, 0) is 6.54 Å². The molecule has 2 aromatic rings. The third-order valence-corrected chi connectivity index (χ3v) is 3.34. The molecule has 0 aliphatic rings. The predicted octanol–water partition coefficient (Wildman–Crippen LogP) is 2.37. The molecule has 0 spiro atoms. The molecule has 2 N–H and O–H groups in total. The Labute approximate surface area is 126 Å². The molecule has 0 radical (unpaired) electrons. The van der Waals surface area contributed by atoms with Gasteiger partial charge in [0, 0.05) is 20.1 Å². The van der Waals surface area contributed by atoms with Crippen molar-refractivity contribution in [1.82, 2.24) is 10.4 Å². The lowest BCUT2D eigenvalue weighted by molar-refractivity contribution is 0.0983. The first-order valence-corrected chi connectivity index (χ1v) is 6.99. The quantitative estimate of drug-likeness (QED) is 0.767. The summed E-state index contributed by atoms with van der Waals surface area (Å²) in [4.78, 5) is 0. The van der Waals surface area contributed by atoms with E-state index < -0.39 is 6.10 Å². The standard InChI is InChI=1S/C17H22N2O2/c1-19(13-17(20)15-6-4-3-5-7-15)18-12-14-8-10-16(21-2)11-9-14/h3-11,17-18,20H,12-13H2,1-2H3. The van der Waals surface area contributed by atoms with Gasteiger partial charge in [0.2, 0.25) is 0 Å². The molecule has 0 fully saturated rings. The maximum absolute atomic E-state index is 10.2. The number of aliphatic hydroxyl groups is 1. The summed E-state index contributed by atoms with van der Waals surface area (Å²) in [6.45, 7) is 1.24. The first-order chi connectivity index (χ1) is 10.2. The maximum Gasteiger partial charge on any atom is 0.118 e. The van der Waals surface area contributed by atoms with Gasteiger partial charge in [0.25, 0.3) is 0 Å². The fourth-order valence-corrected chi connectivity index (χ4v) is 2.07. The van der Waals surface area contributed by atoms with Crippen LogP contribution in [0.15, 0.2) is 54.6 Å². The Balaban J connectivity index is 1.80. The van der Waals surface area contributed by atoms with Gasteiger partial charge in [-0.1, -0.05) is 42.5 Å². The van der Waals surface area contributed by atoms with Crippen molar-refractivity contribution in [2.24, 2.45) is 0 Å². The number of rotatable bonds is 7. The van der Waals surface area contributed by atoms with Crippen molar-refractivity contribution in [2.75, 3.05) is 20.7 Å². The summed E-state index contributed by atoms with van der Waals surface area (Å²) in [5.41, 5.74) is 5.36. The van der Waals surface area contributed by atoms with Crippen LogP contribution in [0.2, 0.25) is 0 Å². The second kappa shape index (κ2) is 7.78. The summed E-state index contributed by atoms with van der Waals surface area (Å²) in [7, 11) is 3.59. The smallest absolute Gasteiger partial charge is 0.118 e. The van der Waals surface area contributed by atoms with E-state index >= 15 is 0 Å². The van der Waals surface area contributed by atoms with Crippen molar-refractivity contribution >= 4 is 0 Å². The fraction of sp³-hybridized carbons (Fsp3) is 0.294. The van der Waals surface area contributed by atoms with Crippen LogP contribution in [0.5, 0.6) is 5.75 Å². The minimum absolute atomic E-state index is 0.500. The molecule has 0 saturated heterocycles. The summed E-state index contributed by atoms with van der Waals surface area (Å²) in [5.74, 6) is 0.853. The second-order valence-corrected chi connectivity index (χ2v) is 4.99. The molecule has 2 aromatic carbocycles. The lowest BCUT2D eigenvalue weighted by atomic mass is 10.1. The monoisotopic (exact) mass is 286 g/mol. The van der Waals surface area contributed by atoms with Crippen LogP contribution in [0.4, 0.5) is 0 Å².